The molecule has 3 aliphatic rings. The summed E-state index contributed by atoms with van der Waals surface area (Å²) < 4.78 is 24.8. The Morgan fingerprint density at radius 2 is 1.92 bits per heavy atom. The van der Waals surface area contributed by atoms with Crippen molar-refractivity contribution >= 4 is 38.3 Å². The number of nitrogens with zero attached hydrogens (tertiary/aromatic N) is 5. The molecule has 195 valence electrons. The molecule has 1 aliphatic carbocycles. The van der Waals surface area contributed by atoms with Crippen molar-refractivity contribution in [2.75, 3.05) is 35.7 Å². The number of nitrogens with one attached hydrogen (secondary N) is 1. The number of H-pyrrole nitrogens is 1. The lowest BCUT2D eigenvalue weighted by atomic mass is 9.73. The molecule has 38 heavy (non-hydrogen) atoms. The van der Waals surface area contributed by atoms with Crippen molar-refractivity contribution in [3.05, 3.63) is 65.4 Å². The molecule has 1 atom stereocenters. The normalized spacial score (nSPS) is 20.6. The van der Waals surface area contributed by atoms with Crippen molar-refractivity contribution in [3.8, 4) is 0 Å². The zero-order valence-electron chi connectivity index (χ0n) is 21.3. The highest BCUT2D eigenvalue weighted by molar-refractivity contribution is 7.90. The number of nitrogens with two attached hydrogens (primary N) is 1. The maximum Gasteiger partial charge on any atom is 0.183 e. The topological polar surface area (TPSA) is 121 Å². The second-order valence-electron chi connectivity index (χ2n) is 10.9. The fourth-order valence-electron chi connectivity index (χ4n) is 6.69. The lowest BCUT2D eigenvalue weighted by Gasteiger charge is -2.42. The summed E-state index contributed by atoms with van der Waals surface area (Å²) in [5.74, 6) is 1.36. The van der Waals surface area contributed by atoms with Gasteiger partial charge in [0, 0.05) is 37.6 Å². The Balaban J connectivity index is 1.15. The van der Waals surface area contributed by atoms with E-state index in [-0.39, 0.29) is 11.5 Å². The van der Waals surface area contributed by atoms with Gasteiger partial charge in [0.25, 0.3) is 0 Å². The van der Waals surface area contributed by atoms with Crippen LogP contribution in [0.5, 0.6) is 0 Å². The van der Waals surface area contributed by atoms with Crippen molar-refractivity contribution < 1.29 is 8.42 Å². The zero-order valence-corrected chi connectivity index (χ0v) is 22.1. The molecule has 10 heteroatoms. The van der Waals surface area contributed by atoms with Crippen LogP contribution in [0, 0.1) is 11.6 Å². The van der Waals surface area contributed by atoms with Gasteiger partial charge in [-0.15, -0.1) is 0 Å². The molecule has 9 nitrogen and oxygen atoms in total. The number of benzene rings is 2. The quantitative estimate of drug-likeness (QED) is 0.415. The Morgan fingerprint density at radius 3 is 2.71 bits per heavy atom. The first-order valence-electron chi connectivity index (χ1n) is 13.2. The first-order valence-corrected chi connectivity index (χ1v) is 15.0. The number of hydrogen-bond donors (Lipinski definition) is 2. The number of anilines is 3. The van der Waals surface area contributed by atoms with E-state index in [2.05, 4.69) is 50.5 Å². The Hall–Kier alpha value is -3.50. The maximum atomic E-state index is 12.4. The van der Waals surface area contributed by atoms with Crippen LogP contribution < -0.4 is 15.5 Å². The van der Waals surface area contributed by atoms with Crippen molar-refractivity contribution in [2.45, 2.75) is 43.0 Å². The van der Waals surface area contributed by atoms with Gasteiger partial charge in [-0.25, -0.2) is 18.4 Å². The van der Waals surface area contributed by atoms with Gasteiger partial charge < -0.3 is 15.5 Å². The summed E-state index contributed by atoms with van der Waals surface area (Å²) >= 11 is 0. The molecule has 7 rings (SSSR count). The van der Waals surface area contributed by atoms with E-state index >= 15 is 0 Å². The van der Waals surface area contributed by atoms with Crippen molar-refractivity contribution in [1.82, 2.24) is 20.2 Å². The highest BCUT2D eigenvalue weighted by Gasteiger charge is 2.46. The predicted molar refractivity (Wildman–Crippen MR) is 146 cm³/mol. The average molecular weight is 529 g/mol. The highest BCUT2D eigenvalue weighted by atomic mass is 32.2. The van der Waals surface area contributed by atoms with E-state index < -0.39 is 9.84 Å². The summed E-state index contributed by atoms with van der Waals surface area (Å²) in [6, 6.07) is 14.1. The number of sulfone groups is 1. The van der Waals surface area contributed by atoms with Gasteiger partial charge in [-0.2, -0.15) is 5.10 Å². The van der Waals surface area contributed by atoms with E-state index in [4.69, 9.17) is 10.7 Å². The van der Waals surface area contributed by atoms with E-state index in [0.717, 1.165) is 56.6 Å². The molecular weight excluding hydrogens is 498 g/mol. The third kappa shape index (κ3) is 3.61. The molecular formula is C28H30N7O2S. The molecule has 1 spiro atoms. The van der Waals surface area contributed by atoms with Gasteiger partial charge in [0.2, 0.25) is 0 Å². The molecule has 1 radical (unpaired) electrons. The summed E-state index contributed by atoms with van der Waals surface area (Å²) in [5, 5.41) is 7.62. The first kappa shape index (κ1) is 23.6. The van der Waals surface area contributed by atoms with E-state index in [1.807, 2.05) is 11.0 Å². The van der Waals surface area contributed by atoms with Gasteiger partial charge in [0.15, 0.2) is 32.6 Å². The van der Waals surface area contributed by atoms with Crippen LogP contribution in [0.25, 0.3) is 11.2 Å². The van der Waals surface area contributed by atoms with Crippen molar-refractivity contribution in [1.29, 1.82) is 0 Å². The fraction of sp³-hybridized carbons (Fsp3) is 0.393. The van der Waals surface area contributed by atoms with Gasteiger partial charge in [0.05, 0.1) is 4.90 Å². The second kappa shape index (κ2) is 8.51. The van der Waals surface area contributed by atoms with E-state index in [1.165, 1.54) is 17.4 Å². The van der Waals surface area contributed by atoms with E-state index in [1.54, 1.807) is 12.1 Å². The molecule has 3 N–H and O–H groups in total. The number of aromatic nitrogens is 4. The lowest BCUT2D eigenvalue weighted by Crippen LogP contribution is -2.44. The van der Waals surface area contributed by atoms with Crippen LogP contribution in [0.3, 0.4) is 0 Å². The second-order valence-corrected chi connectivity index (χ2v) is 12.9. The Bertz CT molecular complexity index is 1660. The van der Waals surface area contributed by atoms with Gasteiger partial charge >= 0.3 is 0 Å². The smallest absolute Gasteiger partial charge is 0.183 e. The number of piperidine rings is 1. The molecule has 1 fully saturated rings. The van der Waals surface area contributed by atoms with Crippen LogP contribution in [0.15, 0.2) is 47.4 Å². The third-order valence-electron chi connectivity index (χ3n) is 8.70. The molecule has 1 saturated heterocycles. The summed E-state index contributed by atoms with van der Waals surface area (Å²) in [6.45, 7) is 2.43. The molecule has 2 aliphatic heterocycles. The SMILES string of the molecule is CS(=O)(=O)c1cccc2c1CCCN2c1n[nH]c2nc(N3CCC4(CC3)Cc3ccccc3[C@H]4N)[c]nc12. The minimum atomic E-state index is -3.33. The first-order chi connectivity index (χ1) is 18.3. The minimum absolute atomic E-state index is 0.0733. The fourth-order valence-corrected chi connectivity index (χ4v) is 7.67. The van der Waals surface area contributed by atoms with E-state index in [0.29, 0.717) is 34.1 Å². The molecule has 0 amide bonds. The maximum absolute atomic E-state index is 12.4. The summed E-state index contributed by atoms with van der Waals surface area (Å²) in [5.41, 5.74) is 12.5. The van der Waals surface area contributed by atoms with Crippen molar-refractivity contribution in [2.24, 2.45) is 11.1 Å². The van der Waals surface area contributed by atoms with Gasteiger partial charge in [-0.05, 0) is 66.3 Å². The van der Waals surface area contributed by atoms with Crippen LogP contribution in [0.1, 0.15) is 42.0 Å². The number of aromatic amines is 1. The number of rotatable bonds is 3. The van der Waals surface area contributed by atoms with Crippen LogP contribution in [0.2, 0.25) is 0 Å². The molecule has 4 heterocycles. The monoisotopic (exact) mass is 528 g/mol. The summed E-state index contributed by atoms with van der Waals surface area (Å²) in [7, 11) is -3.33. The molecule has 4 aromatic rings. The summed E-state index contributed by atoms with van der Waals surface area (Å²) in [6.07, 6.45) is 8.99. The molecule has 0 saturated carbocycles. The summed E-state index contributed by atoms with van der Waals surface area (Å²) in [4.78, 5) is 14.2. The molecule has 2 aromatic heterocycles. The van der Waals surface area contributed by atoms with Crippen LogP contribution in [-0.2, 0) is 22.7 Å². The predicted octanol–water partition coefficient (Wildman–Crippen LogP) is 3.48. The molecule has 0 bridgehead atoms. The minimum Gasteiger partial charge on any atom is -0.355 e. The van der Waals surface area contributed by atoms with Crippen LogP contribution in [0.4, 0.5) is 17.3 Å². The van der Waals surface area contributed by atoms with Gasteiger partial charge in [0.1, 0.15) is 6.20 Å². The Morgan fingerprint density at radius 1 is 1.11 bits per heavy atom. The average Bonchev–Trinajstić information content (AvgIpc) is 3.46. The van der Waals surface area contributed by atoms with Crippen molar-refractivity contribution in [3.63, 3.8) is 0 Å². The number of fused-ring (bicyclic) bond motifs is 3. The van der Waals surface area contributed by atoms with Gasteiger partial charge in [-0.3, -0.25) is 5.10 Å². The lowest BCUT2D eigenvalue weighted by molar-refractivity contribution is 0.187. The van der Waals surface area contributed by atoms with E-state index in [9.17, 15) is 8.42 Å². The van der Waals surface area contributed by atoms with Crippen LogP contribution >= 0.6 is 0 Å². The Kier molecular flexibility index (Phi) is 5.28. The van der Waals surface area contributed by atoms with Gasteiger partial charge in [-0.1, -0.05) is 30.3 Å². The largest absolute Gasteiger partial charge is 0.355 e. The Labute approximate surface area is 222 Å². The zero-order chi connectivity index (χ0) is 26.1. The highest BCUT2D eigenvalue weighted by Crippen LogP contribution is 2.51. The third-order valence-corrected chi connectivity index (χ3v) is 9.88. The number of hydrogen-bond acceptors (Lipinski definition) is 8. The van der Waals surface area contributed by atoms with Crippen LogP contribution in [-0.4, -0.2) is 54.5 Å². The molecule has 2 aromatic carbocycles. The standard InChI is InChI=1S/C28H30N7O2S/c1-38(36,37)22-10-4-9-21-20(22)8-5-13-35(21)27-24-26(32-33-27)31-23(17-30-24)34-14-11-28(12-15-34)16-18-6-2-3-7-19(18)25(28)29/h2-4,6-7,9-10,25H,5,8,11-16,29H2,1H3,(H,31,32,33)/t25-/m1/s1. The molecule has 0 unspecified atom stereocenters.